The Kier molecular flexibility index (Phi) is 4.91. The first-order valence-electron chi connectivity index (χ1n) is 10.9. The van der Waals surface area contributed by atoms with Gasteiger partial charge in [0.15, 0.2) is 0 Å². The fourth-order valence-corrected chi connectivity index (χ4v) is 6.70. The predicted octanol–water partition coefficient (Wildman–Crippen LogP) is 3.23. The summed E-state index contributed by atoms with van der Waals surface area (Å²) in [5, 5.41) is 10.3. The number of ether oxygens (including phenoxy) is 2. The first-order valence-corrected chi connectivity index (χ1v) is 10.9. The quantitative estimate of drug-likeness (QED) is 0.834. The van der Waals surface area contributed by atoms with Gasteiger partial charge in [-0.2, -0.15) is 0 Å². The van der Waals surface area contributed by atoms with Gasteiger partial charge in [0.1, 0.15) is 18.5 Å². The number of morpholine rings is 1. The molecule has 1 aliphatic heterocycles. The molecule has 4 aliphatic carbocycles. The Hall–Kier alpha value is -1.10. The van der Waals surface area contributed by atoms with Crippen molar-refractivity contribution in [3.05, 3.63) is 29.8 Å². The van der Waals surface area contributed by atoms with Crippen LogP contribution >= 0.6 is 0 Å². The van der Waals surface area contributed by atoms with Crippen molar-refractivity contribution in [2.24, 2.45) is 17.8 Å². The van der Waals surface area contributed by atoms with Gasteiger partial charge in [0.25, 0.3) is 0 Å². The van der Waals surface area contributed by atoms with Crippen molar-refractivity contribution in [3.8, 4) is 5.75 Å². The number of nitrogens with zero attached hydrogens (tertiary/aromatic N) is 1. The summed E-state index contributed by atoms with van der Waals surface area (Å²) < 4.78 is 11.2. The van der Waals surface area contributed by atoms with Gasteiger partial charge in [-0.05, 0) is 79.4 Å². The largest absolute Gasteiger partial charge is 0.491 e. The molecule has 0 aromatic heterocycles. The fraction of sp³-hybridized carbons (Fsp3) is 0.739. The summed E-state index contributed by atoms with van der Waals surface area (Å²) >= 11 is 0. The molecule has 5 aliphatic rings. The van der Waals surface area contributed by atoms with Crippen LogP contribution in [0.5, 0.6) is 5.75 Å². The average molecular weight is 372 g/mol. The first-order chi connectivity index (χ1) is 13.2. The highest BCUT2D eigenvalue weighted by Crippen LogP contribution is 2.60. The molecule has 148 valence electrons. The minimum absolute atomic E-state index is 0.355. The summed E-state index contributed by atoms with van der Waals surface area (Å²) in [6, 6.07) is 8.85. The lowest BCUT2D eigenvalue weighted by atomic mass is 9.48. The zero-order valence-electron chi connectivity index (χ0n) is 16.3. The zero-order chi connectivity index (χ0) is 18.3. The first kappa shape index (κ1) is 18.0. The number of benzene rings is 1. The van der Waals surface area contributed by atoms with Gasteiger partial charge in [-0.1, -0.05) is 12.1 Å². The highest BCUT2D eigenvalue weighted by molar-refractivity contribution is 5.34. The topological polar surface area (TPSA) is 41.9 Å². The van der Waals surface area contributed by atoms with E-state index in [4.69, 9.17) is 9.47 Å². The van der Waals surface area contributed by atoms with E-state index in [1.807, 2.05) is 0 Å². The Morgan fingerprint density at radius 3 is 2.19 bits per heavy atom. The number of β-amino-alcohol motifs (C(OH)–C–C–N with tert-alkyl or cyclic N) is 1. The molecular formula is C23H33NO3. The predicted molar refractivity (Wildman–Crippen MR) is 105 cm³/mol. The maximum Gasteiger partial charge on any atom is 0.119 e. The Morgan fingerprint density at radius 1 is 1.00 bits per heavy atom. The molecule has 27 heavy (non-hydrogen) atoms. The van der Waals surface area contributed by atoms with Crippen LogP contribution < -0.4 is 4.74 Å². The Labute approximate surface area is 162 Å². The molecule has 1 saturated heterocycles. The number of hydrogen-bond acceptors (Lipinski definition) is 4. The molecule has 1 atom stereocenters. The van der Waals surface area contributed by atoms with Crippen LogP contribution in [-0.2, 0) is 10.2 Å². The molecule has 1 aromatic carbocycles. The van der Waals surface area contributed by atoms with Crippen LogP contribution in [0.25, 0.3) is 0 Å². The Morgan fingerprint density at radius 2 is 1.59 bits per heavy atom. The third kappa shape index (κ3) is 3.76. The van der Waals surface area contributed by atoms with Gasteiger partial charge in [0.05, 0.1) is 13.2 Å². The van der Waals surface area contributed by atoms with Crippen molar-refractivity contribution in [2.75, 3.05) is 39.5 Å². The van der Waals surface area contributed by atoms with Gasteiger partial charge in [-0.15, -0.1) is 0 Å². The van der Waals surface area contributed by atoms with Crippen molar-refractivity contribution in [1.29, 1.82) is 0 Å². The molecule has 4 bridgehead atoms. The van der Waals surface area contributed by atoms with Crippen LogP contribution in [0.1, 0.15) is 44.1 Å². The monoisotopic (exact) mass is 371 g/mol. The second-order valence-electron chi connectivity index (χ2n) is 9.60. The summed E-state index contributed by atoms with van der Waals surface area (Å²) in [4.78, 5) is 2.24. The van der Waals surface area contributed by atoms with Crippen molar-refractivity contribution in [2.45, 2.75) is 50.0 Å². The molecule has 4 saturated carbocycles. The molecule has 5 fully saturated rings. The van der Waals surface area contributed by atoms with Crippen LogP contribution in [0.3, 0.4) is 0 Å². The van der Waals surface area contributed by atoms with E-state index in [1.165, 1.54) is 44.1 Å². The van der Waals surface area contributed by atoms with Crippen molar-refractivity contribution in [1.82, 2.24) is 4.90 Å². The fourth-order valence-electron chi connectivity index (χ4n) is 6.70. The Balaban J connectivity index is 1.17. The third-order valence-electron chi connectivity index (χ3n) is 7.52. The van der Waals surface area contributed by atoms with Crippen LogP contribution in [-0.4, -0.2) is 55.6 Å². The molecule has 1 aromatic rings. The smallest absolute Gasteiger partial charge is 0.119 e. The summed E-state index contributed by atoms with van der Waals surface area (Å²) in [5.41, 5.74) is 1.98. The normalized spacial score (nSPS) is 36.7. The van der Waals surface area contributed by atoms with Crippen molar-refractivity contribution >= 4 is 0 Å². The number of aliphatic hydroxyl groups excluding tert-OH is 1. The number of hydrogen-bond donors (Lipinski definition) is 1. The number of rotatable bonds is 6. The SMILES string of the molecule is O[C@@H](COc1ccc(C23CC4CC(CC(C4)C2)C3)cc1)CN1CCOCC1. The molecule has 0 unspecified atom stereocenters. The van der Waals surface area contributed by atoms with Gasteiger partial charge in [-0.25, -0.2) is 0 Å². The van der Waals surface area contributed by atoms with Crippen LogP contribution in [0.2, 0.25) is 0 Å². The van der Waals surface area contributed by atoms with Crippen LogP contribution in [0.15, 0.2) is 24.3 Å². The summed E-state index contributed by atoms with van der Waals surface area (Å²) in [6.45, 7) is 4.34. The van der Waals surface area contributed by atoms with Crippen LogP contribution in [0.4, 0.5) is 0 Å². The lowest BCUT2D eigenvalue weighted by Gasteiger charge is -2.57. The molecule has 4 nitrogen and oxygen atoms in total. The molecule has 0 amide bonds. The van der Waals surface area contributed by atoms with E-state index < -0.39 is 6.10 Å². The lowest BCUT2D eigenvalue weighted by Crippen LogP contribution is -2.48. The summed E-state index contributed by atoms with van der Waals surface area (Å²) in [7, 11) is 0. The lowest BCUT2D eigenvalue weighted by molar-refractivity contribution is -0.00527. The second-order valence-corrected chi connectivity index (χ2v) is 9.60. The van der Waals surface area contributed by atoms with E-state index in [0.717, 1.165) is 49.8 Å². The van der Waals surface area contributed by atoms with Gasteiger partial charge in [0.2, 0.25) is 0 Å². The maximum absolute atomic E-state index is 10.3. The van der Waals surface area contributed by atoms with E-state index >= 15 is 0 Å². The highest BCUT2D eigenvalue weighted by atomic mass is 16.5. The van der Waals surface area contributed by atoms with E-state index in [-0.39, 0.29) is 0 Å². The van der Waals surface area contributed by atoms with Gasteiger partial charge in [-0.3, -0.25) is 4.90 Å². The van der Waals surface area contributed by atoms with E-state index in [0.29, 0.717) is 18.6 Å². The average Bonchev–Trinajstić information content (AvgIpc) is 2.66. The molecule has 6 rings (SSSR count). The maximum atomic E-state index is 10.3. The van der Waals surface area contributed by atoms with Gasteiger partial charge in [0, 0.05) is 19.6 Å². The molecule has 0 spiro atoms. The third-order valence-corrected chi connectivity index (χ3v) is 7.52. The molecule has 4 heteroatoms. The second kappa shape index (κ2) is 7.38. The minimum Gasteiger partial charge on any atom is -0.491 e. The minimum atomic E-state index is -0.453. The van der Waals surface area contributed by atoms with Gasteiger partial charge >= 0.3 is 0 Å². The van der Waals surface area contributed by atoms with Crippen LogP contribution in [0, 0.1) is 17.8 Å². The highest BCUT2D eigenvalue weighted by Gasteiger charge is 2.51. The standard InChI is InChI=1S/C23H33NO3/c25-21(15-24-5-7-26-8-6-24)16-27-22-3-1-20(2-4-22)23-12-17-9-18(13-23)11-19(10-17)14-23/h1-4,17-19,21,25H,5-16H2/t17?,18?,19?,21-,23?/m1/s1. The van der Waals surface area contributed by atoms with Crippen molar-refractivity contribution in [3.63, 3.8) is 0 Å². The summed E-state index contributed by atoms with van der Waals surface area (Å²) in [5.74, 6) is 3.80. The molecule has 0 radical (unpaired) electrons. The van der Waals surface area contributed by atoms with E-state index in [9.17, 15) is 5.11 Å². The Bertz CT molecular complexity index is 602. The molecule has 1 N–H and O–H groups in total. The zero-order valence-corrected chi connectivity index (χ0v) is 16.3. The van der Waals surface area contributed by atoms with Gasteiger partial charge < -0.3 is 14.6 Å². The molecule has 1 heterocycles. The summed E-state index contributed by atoms with van der Waals surface area (Å²) in [6.07, 6.45) is 8.21. The molecular weight excluding hydrogens is 338 g/mol. The number of aliphatic hydroxyl groups is 1. The van der Waals surface area contributed by atoms with E-state index in [2.05, 4.69) is 29.2 Å². The van der Waals surface area contributed by atoms with Crippen molar-refractivity contribution < 1.29 is 14.6 Å². The van der Waals surface area contributed by atoms with E-state index in [1.54, 1.807) is 0 Å².